The van der Waals surface area contributed by atoms with Crippen LogP contribution in [0.5, 0.6) is 0 Å². The summed E-state index contributed by atoms with van der Waals surface area (Å²) in [4.78, 5) is 22.9. The molecule has 6 heteroatoms. The zero-order valence-electron chi connectivity index (χ0n) is 14.1. The Labute approximate surface area is 152 Å². The summed E-state index contributed by atoms with van der Waals surface area (Å²) in [5.41, 5.74) is 3.07. The second kappa shape index (κ2) is 8.39. The molecule has 130 valence electrons. The highest BCUT2D eigenvalue weighted by Crippen LogP contribution is 2.15. The molecule has 0 aliphatic carbocycles. The van der Waals surface area contributed by atoms with Gasteiger partial charge in [0.25, 0.3) is 5.91 Å². The van der Waals surface area contributed by atoms with Crippen LogP contribution in [-0.4, -0.2) is 22.1 Å². The van der Waals surface area contributed by atoms with Crippen molar-refractivity contribution in [1.82, 2.24) is 5.32 Å². The van der Waals surface area contributed by atoms with Gasteiger partial charge in [0.05, 0.1) is 6.42 Å². The van der Waals surface area contributed by atoms with Crippen molar-refractivity contribution < 1.29 is 14.7 Å². The third-order valence-electron chi connectivity index (χ3n) is 3.63. The summed E-state index contributed by atoms with van der Waals surface area (Å²) >= 11 is 5.15. The number of benzene rings is 2. The number of carbonyl (C=O) groups excluding carboxylic acids is 1. The first-order chi connectivity index (χ1) is 11.8. The summed E-state index contributed by atoms with van der Waals surface area (Å²) in [6.07, 6.45) is -0.0339. The number of hydrogen-bond acceptors (Lipinski definition) is 3. The Morgan fingerprint density at radius 1 is 1.04 bits per heavy atom. The third kappa shape index (κ3) is 5.69. The molecular formula is C19H20N2O3S. The summed E-state index contributed by atoms with van der Waals surface area (Å²) in [6.45, 7) is 4.19. The third-order valence-corrected chi connectivity index (χ3v) is 3.84. The lowest BCUT2D eigenvalue weighted by molar-refractivity contribution is -0.136. The number of aliphatic carboxylic acids is 1. The Morgan fingerprint density at radius 3 is 2.16 bits per heavy atom. The lowest BCUT2D eigenvalue weighted by Crippen LogP contribution is -2.34. The zero-order chi connectivity index (χ0) is 18.4. The highest BCUT2D eigenvalue weighted by Gasteiger charge is 2.09. The fourth-order valence-electron chi connectivity index (χ4n) is 2.24. The van der Waals surface area contributed by atoms with Gasteiger partial charge in [0.1, 0.15) is 0 Å². The Bertz CT molecular complexity index is 768. The Morgan fingerprint density at radius 2 is 1.64 bits per heavy atom. The maximum Gasteiger partial charge on any atom is 0.307 e. The van der Waals surface area contributed by atoms with E-state index in [-0.39, 0.29) is 17.4 Å². The van der Waals surface area contributed by atoms with E-state index in [1.165, 1.54) is 5.56 Å². The van der Waals surface area contributed by atoms with Crippen molar-refractivity contribution in [2.24, 2.45) is 0 Å². The zero-order valence-corrected chi connectivity index (χ0v) is 14.9. The van der Waals surface area contributed by atoms with Gasteiger partial charge in [-0.15, -0.1) is 0 Å². The van der Waals surface area contributed by atoms with Crippen molar-refractivity contribution in [2.45, 2.75) is 26.2 Å². The molecule has 0 heterocycles. The summed E-state index contributed by atoms with van der Waals surface area (Å²) in [7, 11) is 0. The molecular weight excluding hydrogens is 336 g/mol. The topological polar surface area (TPSA) is 78.4 Å². The number of amides is 1. The highest BCUT2D eigenvalue weighted by atomic mass is 32.1. The molecule has 0 spiro atoms. The van der Waals surface area contributed by atoms with E-state index in [0.717, 1.165) is 0 Å². The number of rotatable bonds is 5. The summed E-state index contributed by atoms with van der Waals surface area (Å²) in [6, 6.07) is 14.2. The van der Waals surface area contributed by atoms with Crippen LogP contribution in [0.1, 0.15) is 41.3 Å². The van der Waals surface area contributed by atoms with Crippen LogP contribution in [0.4, 0.5) is 5.69 Å². The van der Waals surface area contributed by atoms with E-state index < -0.39 is 5.97 Å². The van der Waals surface area contributed by atoms with Gasteiger partial charge in [-0.05, 0) is 53.5 Å². The molecule has 2 aromatic carbocycles. The van der Waals surface area contributed by atoms with Crippen molar-refractivity contribution in [3.05, 3.63) is 65.2 Å². The van der Waals surface area contributed by atoms with Crippen LogP contribution in [0.3, 0.4) is 0 Å². The minimum atomic E-state index is -0.882. The van der Waals surface area contributed by atoms with Crippen molar-refractivity contribution in [1.29, 1.82) is 0 Å². The van der Waals surface area contributed by atoms with Gasteiger partial charge in [-0.2, -0.15) is 0 Å². The summed E-state index contributed by atoms with van der Waals surface area (Å²) < 4.78 is 0. The SMILES string of the molecule is CC(C)c1ccc(C(=O)NC(=S)Nc2ccc(CC(=O)O)cc2)cc1. The average molecular weight is 356 g/mol. The molecule has 0 aliphatic rings. The first-order valence-electron chi connectivity index (χ1n) is 7.88. The molecule has 0 bridgehead atoms. The van der Waals surface area contributed by atoms with Gasteiger partial charge in [-0.3, -0.25) is 14.9 Å². The first kappa shape index (κ1) is 18.6. The van der Waals surface area contributed by atoms with E-state index in [1.54, 1.807) is 36.4 Å². The number of nitrogens with one attached hydrogen (secondary N) is 2. The van der Waals surface area contributed by atoms with Crippen LogP contribution in [0.15, 0.2) is 48.5 Å². The molecule has 25 heavy (non-hydrogen) atoms. The molecule has 0 atom stereocenters. The Hall–Kier alpha value is -2.73. The number of carboxylic acid groups (broad SMARTS) is 1. The molecule has 0 aliphatic heterocycles. The molecule has 2 aromatic rings. The smallest absolute Gasteiger partial charge is 0.307 e. The lowest BCUT2D eigenvalue weighted by Gasteiger charge is -2.11. The predicted octanol–water partition coefficient (Wildman–Crippen LogP) is 3.56. The number of carbonyl (C=O) groups is 2. The van der Waals surface area contributed by atoms with Crippen LogP contribution in [-0.2, 0) is 11.2 Å². The maximum atomic E-state index is 12.2. The van der Waals surface area contributed by atoms with Crippen LogP contribution >= 0.6 is 12.2 Å². The first-order valence-corrected chi connectivity index (χ1v) is 8.29. The van der Waals surface area contributed by atoms with Crippen LogP contribution < -0.4 is 10.6 Å². The standard InChI is InChI=1S/C19H20N2O3S/c1-12(2)14-5-7-15(8-6-14)18(24)21-19(25)20-16-9-3-13(4-10-16)11-17(22)23/h3-10,12H,11H2,1-2H3,(H,22,23)(H2,20,21,24,25). The van der Waals surface area contributed by atoms with Crippen molar-refractivity contribution >= 4 is 34.9 Å². The molecule has 0 radical (unpaired) electrons. The van der Waals surface area contributed by atoms with Crippen LogP contribution in [0.2, 0.25) is 0 Å². The minimum absolute atomic E-state index is 0.0339. The molecule has 0 fully saturated rings. The van der Waals surface area contributed by atoms with E-state index in [1.807, 2.05) is 12.1 Å². The maximum absolute atomic E-state index is 12.2. The molecule has 0 saturated carbocycles. The average Bonchev–Trinajstić information content (AvgIpc) is 2.56. The Kier molecular flexibility index (Phi) is 6.25. The fourth-order valence-corrected chi connectivity index (χ4v) is 2.45. The van der Waals surface area contributed by atoms with Gasteiger partial charge >= 0.3 is 5.97 Å². The van der Waals surface area contributed by atoms with Crippen LogP contribution in [0, 0.1) is 0 Å². The molecule has 2 rings (SSSR count). The summed E-state index contributed by atoms with van der Waals surface area (Å²) in [5.74, 6) is -0.758. The second-order valence-electron chi connectivity index (χ2n) is 5.95. The van der Waals surface area contributed by atoms with E-state index >= 15 is 0 Å². The van der Waals surface area contributed by atoms with Crippen molar-refractivity contribution in [3.8, 4) is 0 Å². The molecule has 0 saturated heterocycles. The van der Waals surface area contributed by atoms with Crippen LogP contribution in [0.25, 0.3) is 0 Å². The van der Waals surface area contributed by atoms with Gasteiger partial charge in [0.2, 0.25) is 0 Å². The second-order valence-corrected chi connectivity index (χ2v) is 6.36. The lowest BCUT2D eigenvalue weighted by atomic mass is 10.0. The molecule has 1 amide bonds. The van der Waals surface area contributed by atoms with Gasteiger partial charge in [0.15, 0.2) is 5.11 Å². The summed E-state index contributed by atoms with van der Waals surface area (Å²) in [5, 5.41) is 14.5. The monoisotopic (exact) mass is 356 g/mol. The number of hydrogen-bond donors (Lipinski definition) is 3. The van der Waals surface area contributed by atoms with Gasteiger partial charge in [-0.25, -0.2) is 0 Å². The minimum Gasteiger partial charge on any atom is -0.481 e. The molecule has 3 N–H and O–H groups in total. The molecule has 5 nitrogen and oxygen atoms in total. The highest BCUT2D eigenvalue weighted by molar-refractivity contribution is 7.80. The number of carboxylic acids is 1. The molecule has 0 unspecified atom stereocenters. The van der Waals surface area contributed by atoms with E-state index in [9.17, 15) is 9.59 Å². The van der Waals surface area contributed by atoms with Gasteiger partial charge in [-0.1, -0.05) is 38.1 Å². The molecule has 0 aromatic heterocycles. The van der Waals surface area contributed by atoms with E-state index in [0.29, 0.717) is 22.7 Å². The van der Waals surface area contributed by atoms with Gasteiger partial charge < -0.3 is 10.4 Å². The quantitative estimate of drug-likeness (QED) is 0.714. The van der Waals surface area contributed by atoms with Crippen molar-refractivity contribution in [3.63, 3.8) is 0 Å². The fraction of sp³-hybridized carbons (Fsp3) is 0.211. The largest absolute Gasteiger partial charge is 0.481 e. The van der Waals surface area contributed by atoms with Gasteiger partial charge in [0, 0.05) is 11.3 Å². The Balaban J connectivity index is 1.92. The predicted molar refractivity (Wildman–Crippen MR) is 102 cm³/mol. The van der Waals surface area contributed by atoms with E-state index in [2.05, 4.69) is 24.5 Å². The van der Waals surface area contributed by atoms with Crippen molar-refractivity contribution in [2.75, 3.05) is 5.32 Å². The van der Waals surface area contributed by atoms with E-state index in [4.69, 9.17) is 17.3 Å². The number of anilines is 1. The number of thiocarbonyl (C=S) groups is 1. The normalized spacial score (nSPS) is 10.4.